The Balaban J connectivity index is 1.57. The fraction of sp³-hybridized carbons (Fsp3) is 0.600. The number of fused-ring (bicyclic) bond motifs is 3. The Kier molecular flexibility index (Phi) is 5.72. The number of aliphatic carboxylic acids is 1. The third kappa shape index (κ3) is 3.53. The average Bonchev–Trinajstić information content (AvgIpc) is 3.47. The van der Waals surface area contributed by atoms with Crippen LogP contribution >= 0.6 is 0 Å². The fourth-order valence-corrected chi connectivity index (χ4v) is 6.25. The number of ether oxygens (including phenoxy) is 4. The number of carboxylic acid groups (broad SMARTS) is 1. The lowest BCUT2D eigenvalue weighted by Gasteiger charge is -2.39. The zero-order valence-corrected chi connectivity index (χ0v) is 19.5. The molecule has 4 aliphatic rings. The molecule has 9 nitrogen and oxygen atoms in total. The third-order valence-corrected chi connectivity index (χ3v) is 7.69. The van der Waals surface area contributed by atoms with Gasteiger partial charge in [-0.2, -0.15) is 0 Å². The fourth-order valence-electron chi connectivity index (χ4n) is 6.25. The van der Waals surface area contributed by atoms with E-state index in [0.29, 0.717) is 23.7 Å². The van der Waals surface area contributed by atoms with Crippen molar-refractivity contribution in [3.63, 3.8) is 0 Å². The molecule has 0 radical (unpaired) electrons. The van der Waals surface area contributed by atoms with Crippen LogP contribution in [-0.4, -0.2) is 71.3 Å². The molecule has 0 amide bonds. The molecule has 1 aliphatic carbocycles. The number of hydrogen-bond acceptors (Lipinski definition) is 8. The first-order valence-corrected chi connectivity index (χ1v) is 11.9. The Bertz CT molecular complexity index is 1040. The minimum Gasteiger partial charge on any atom is -0.497 e. The van der Waals surface area contributed by atoms with Crippen LogP contribution in [0.5, 0.6) is 11.5 Å². The first-order valence-electron chi connectivity index (χ1n) is 11.9. The summed E-state index contributed by atoms with van der Waals surface area (Å²) in [5, 5.41) is 20.3. The monoisotopic (exact) mass is 473 g/mol. The molecule has 0 saturated carbocycles. The molecule has 0 bridgehead atoms. The first kappa shape index (κ1) is 23.0. The highest BCUT2D eigenvalue weighted by Gasteiger charge is 2.59. The molecule has 2 N–H and O–H groups in total. The summed E-state index contributed by atoms with van der Waals surface area (Å²) >= 11 is 0. The number of aliphatic hydroxyl groups is 1. The van der Waals surface area contributed by atoms with Gasteiger partial charge in [-0.1, -0.05) is 13.3 Å². The van der Waals surface area contributed by atoms with Gasteiger partial charge < -0.3 is 29.2 Å². The Labute approximate surface area is 198 Å². The molecule has 0 unspecified atom stereocenters. The van der Waals surface area contributed by atoms with Crippen LogP contribution in [0.4, 0.5) is 0 Å². The molecule has 1 saturated heterocycles. The second kappa shape index (κ2) is 8.46. The van der Waals surface area contributed by atoms with E-state index in [0.717, 1.165) is 43.5 Å². The van der Waals surface area contributed by atoms with Gasteiger partial charge in [0.25, 0.3) is 0 Å². The third-order valence-electron chi connectivity index (χ3n) is 7.69. The van der Waals surface area contributed by atoms with Gasteiger partial charge in [0.1, 0.15) is 5.76 Å². The summed E-state index contributed by atoms with van der Waals surface area (Å²) in [5.74, 6) is -0.586. The second-order valence-corrected chi connectivity index (χ2v) is 9.64. The molecular weight excluding hydrogens is 442 g/mol. The van der Waals surface area contributed by atoms with Gasteiger partial charge in [-0.25, -0.2) is 4.79 Å². The van der Waals surface area contributed by atoms with Gasteiger partial charge >= 0.3 is 11.9 Å². The Morgan fingerprint density at radius 2 is 2.03 bits per heavy atom. The predicted octanol–water partition coefficient (Wildman–Crippen LogP) is 2.35. The van der Waals surface area contributed by atoms with Crippen LogP contribution in [0.2, 0.25) is 0 Å². The van der Waals surface area contributed by atoms with Crippen LogP contribution in [0.3, 0.4) is 0 Å². The van der Waals surface area contributed by atoms with Crippen LogP contribution in [-0.2, 0) is 25.5 Å². The highest BCUT2D eigenvalue weighted by Crippen LogP contribution is 2.55. The molecule has 1 spiro atoms. The smallest absolute Gasteiger partial charge is 0.339 e. The van der Waals surface area contributed by atoms with E-state index < -0.39 is 35.6 Å². The molecule has 34 heavy (non-hydrogen) atoms. The SMILES string of the molecule is CCC[C@@](O)(CC(=O)O)C(=O)O[C@@H]1C(OC)=C[C@]23CCCN2CCc2cc4c(cc2[C@H]13)OCO4. The summed E-state index contributed by atoms with van der Waals surface area (Å²) in [6.07, 6.45) is 3.68. The molecule has 1 aromatic carbocycles. The average molecular weight is 474 g/mol. The molecule has 1 fully saturated rings. The number of benzene rings is 1. The van der Waals surface area contributed by atoms with Crippen LogP contribution in [0.15, 0.2) is 24.0 Å². The van der Waals surface area contributed by atoms with Crippen molar-refractivity contribution in [2.24, 2.45) is 0 Å². The van der Waals surface area contributed by atoms with Crippen molar-refractivity contribution in [1.82, 2.24) is 4.90 Å². The lowest BCUT2D eigenvalue weighted by molar-refractivity contribution is -0.177. The van der Waals surface area contributed by atoms with Gasteiger partial charge in [-0.15, -0.1) is 0 Å². The molecule has 3 aliphatic heterocycles. The van der Waals surface area contributed by atoms with E-state index in [1.54, 1.807) is 14.0 Å². The quantitative estimate of drug-likeness (QED) is 0.576. The molecule has 0 aromatic heterocycles. The molecule has 5 rings (SSSR count). The number of nitrogens with zero attached hydrogens (tertiary/aromatic N) is 1. The molecule has 9 heteroatoms. The van der Waals surface area contributed by atoms with E-state index in [1.807, 2.05) is 12.1 Å². The highest BCUT2D eigenvalue weighted by molar-refractivity contribution is 5.85. The normalized spacial score (nSPS) is 28.7. The van der Waals surface area contributed by atoms with E-state index in [1.165, 1.54) is 0 Å². The maximum atomic E-state index is 13.3. The summed E-state index contributed by atoms with van der Waals surface area (Å²) in [6, 6.07) is 3.99. The van der Waals surface area contributed by atoms with Crippen molar-refractivity contribution < 1.29 is 38.7 Å². The number of carbonyl (C=O) groups is 2. The summed E-state index contributed by atoms with van der Waals surface area (Å²) < 4.78 is 23.0. The zero-order chi connectivity index (χ0) is 24.1. The van der Waals surface area contributed by atoms with Gasteiger partial charge in [0.2, 0.25) is 6.79 Å². The Morgan fingerprint density at radius 1 is 1.26 bits per heavy atom. The zero-order valence-electron chi connectivity index (χ0n) is 19.5. The number of methoxy groups -OCH3 is 1. The van der Waals surface area contributed by atoms with Crippen molar-refractivity contribution in [1.29, 1.82) is 0 Å². The largest absolute Gasteiger partial charge is 0.497 e. The second-order valence-electron chi connectivity index (χ2n) is 9.64. The van der Waals surface area contributed by atoms with Crippen LogP contribution in [0.1, 0.15) is 56.1 Å². The standard InChI is InChI=1S/C25H31NO8/c1-3-6-25(30,13-20(27)28)23(29)34-22-19(31-2)12-24-7-4-8-26(24)9-5-15-10-17-18(33-14-32-17)11-16(15)21(22)24/h10-12,21-22,30H,3-9,13-14H2,1-2H3,(H,27,28)/t21-,22-,24+,25-/m1/s1. The maximum Gasteiger partial charge on any atom is 0.339 e. The number of hydrogen-bond donors (Lipinski definition) is 2. The van der Waals surface area contributed by atoms with E-state index in [2.05, 4.69) is 11.0 Å². The summed E-state index contributed by atoms with van der Waals surface area (Å²) in [4.78, 5) is 27.1. The minimum absolute atomic E-state index is 0.00586. The molecule has 4 atom stereocenters. The topological polar surface area (TPSA) is 115 Å². The summed E-state index contributed by atoms with van der Waals surface area (Å²) in [7, 11) is 1.55. The minimum atomic E-state index is -2.10. The van der Waals surface area contributed by atoms with Gasteiger partial charge in [-0.3, -0.25) is 9.69 Å². The lowest BCUT2D eigenvalue weighted by atomic mass is 9.77. The van der Waals surface area contributed by atoms with E-state index >= 15 is 0 Å². The van der Waals surface area contributed by atoms with Crippen LogP contribution in [0.25, 0.3) is 0 Å². The highest BCUT2D eigenvalue weighted by atomic mass is 16.7. The van der Waals surface area contributed by atoms with E-state index in [9.17, 15) is 19.8 Å². The van der Waals surface area contributed by atoms with Crippen LogP contribution in [0, 0.1) is 0 Å². The molecule has 184 valence electrons. The van der Waals surface area contributed by atoms with Gasteiger partial charge in [0.05, 0.1) is 25.0 Å². The number of esters is 1. The van der Waals surface area contributed by atoms with Gasteiger partial charge in [0.15, 0.2) is 23.2 Å². The van der Waals surface area contributed by atoms with Gasteiger partial charge in [-0.05, 0) is 61.6 Å². The Morgan fingerprint density at radius 3 is 2.74 bits per heavy atom. The van der Waals surface area contributed by atoms with Crippen LogP contribution < -0.4 is 9.47 Å². The molecule has 3 heterocycles. The lowest BCUT2D eigenvalue weighted by Crippen LogP contribution is -2.49. The van der Waals surface area contributed by atoms with Crippen molar-refractivity contribution in [2.75, 3.05) is 27.0 Å². The number of carbonyl (C=O) groups excluding carboxylic acids is 1. The Hall–Kier alpha value is -2.78. The van der Waals surface area contributed by atoms with Gasteiger partial charge in [0, 0.05) is 6.54 Å². The first-order chi connectivity index (χ1) is 16.3. The van der Waals surface area contributed by atoms with Crippen molar-refractivity contribution in [2.45, 2.75) is 68.6 Å². The predicted molar refractivity (Wildman–Crippen MR) is 120 cm³/mol. The van der Waals surface area contributed by atoms with E-state index in [4.69, 9.17) is 18.9 Å². The maximum absolute atomic E-state index is 13.3. The number of carboxylic acids is 1. The molecule has 1 aromatic rings. The van der Waals surface area contributed by atoms with Crippen molar-refractivity contribution in [3.05, 3.63) is 35.1 Å². The summed E-state index contributed by atoms with van der Waals surface area (Å²) in [5.41, 5.74) is -0.394. The summed E-state index contributed by atoms with van der Waals surface area (Å²) in [6.45, 7) is 3.71. The van der Waals surface area contributed by atoms with Crippen molar-refractivity contribution >= 4 is 11.9 Å². The number of rotatable bonds is 7. The molecular formula is C25H31NO8. The van der Waals surface area contributed by atoms with Crippen molar-refractivity contribution in [3.8, 4) is 11.5 Å². The van der Waals surface area contributed by atoms with E-state index in [-0.39, 0.29) is 19.1 Å².